The predicted octanol–water partition coefficient (Wildman–Crippen LogP) is 3.77. The second-order valence-corrected chi connectivity index (χ2v) is 7.74. The molecule has 1 fully saturated rings. The molecule has 0 radical (unpaired) electrons. The van der Waals surface area contributed by atoms with Crippen LogP contribution in [-0.4, -0.2) is 37.1 Å². The van der Waals surface area contributed by atoms with Crippen LogP contribution in [0.5, 0.6) is 0 Å². The van der Waals surface area contributed by atoms with E-state index in [2.05, 4.69) is 58.8 Å². The molecule has 0 aromatic heterocycles. The molecular formula is C17H36N2. The van der Waals surface area contributed by atoms with Crippen LogP contribution in [0.2, 0.25) is 0 Å². The molecule has 1 aliphatic rings. The lowest BCUT2D eigenvalue weighted by molar-refractivity contribution is 0.165. The molecular weight excluding hydrogens is 232 g/mol. The van der Waals surface area contributed by atoms with Gasteiger partial charge >= 0.3 is 0 Å². The van der Waals surface area contributed by atoms with Crippen molar-refractivity contribution in [3.63, 3.8) is 0 Å². The fraction of sp³-hybridized carbons (Fsp3) is 1.00. The van der Waals surface area contributed by atoms with Crippen molar-refractivity contribution in [3.05, 3.63) is 0 Å². The highest BCUT2D eigenvalue weighted by molar-refractivity contribution is 4.97. The summed E-state index contributed by atoms with van der Waals surface area (Å²) in [5.41, 5.74) is 0.461. The average molecular weight is 268 g/mol. The van der Waals surface area contributed by atoms with Gasteiger partial charge < -0.3 is 10.2 Å². The van der Waals surface area contributed by atoms with Crippen molar-refractivity contribution >= 4 is 0 Å². The van der Waals surface area contributed by atoms with Crippen LogP contribution in [0.15, 0.2) is 0 Å². The highest BCUT2D eigenvalue weighted by Gasteiger charge is 2.41. The van der Waals surface area contributed by atoms with Gasteiger partial charge in [-0.15, -0.1) is 0 Å². The van der Waals surface area contributed by atoms with E-state index in [1.54, 1.807) is 0 Å². The van der Waals surface area contributed by atoms with Gasteiger partial charge in [0.25, 0.3) is 0 Å². The quantitative estimate of drug-likeness (QED) is 0.756. The van der Waals surface area contributed by atoms with Crippen molar-refractivity contribution in [2.45, 2.75) is 72.9 Å². The van der Waals surface area contributed by atoms with E-state index in [1.807, 2.05) is 0 Å². The van der Waals surface area contributed by atoms with Crippen LogP contribution in [0.3, 0.4) is 0 Å². The van der Waals surface area contributed by atoms with Gasteiger partial charge in [0.05, 0.1) is 0 Å². The molecule has 2 nitrogen and oxygen atoms in total. The number of hydrogen-bond donors (Lipinski definition) is 1. The van der Waals surface area contributed by atoms with Crippen molar-refractivity contribution in [2.75, 3.05) is 20.1 Å². The molecule has 3 atom stereocenters. The third kappa shape index (κ3) is 4.75. The minimum Gasteiger partial charge on any atom is -0.313 e. The maximum atomic E-state index is 3.74. The van der Waals surface area contributed by atoms with Gasteiger partial charge in [-0.1, -0.05) is 34.6 Å². The van der Waals surface area contributed by atoms with Gasteiger partial charge in [0, 0.05) is 18.6 Å². The zero-order valence-corrected chi connectivity index (χ0v) is 14.3. The summed E-state index contributed by atoms with van der Waals surface area (Å²) in [6.07, 6.45) is 4.05. The van der Waals surface area contributed by atoms with E-state index in [9.17, 15) is 0 Å². The van der Waals surface area contributed by atoms with Gasteiger partial charge in [-0.3, -0.25) is 0 Å². The van der Waals surface area contributed by atoms with Crippen LogP contribution in [0.1, 0.15) is 60.8 Å². The Morgan fingerprint density at radius 1 is 1.26 bits per heavy atom. The molecule has 19 heavy (non-hydrogen) atoms. The average Bonchev–Trinajstić information content (AvgIpc) is 2.56. The molecule has 0 aliphatic heterocycles. The second kappa shape index (κ2) is 7.08. The van der Waals surface area contributed by atoms with Crippen LogP contribution in [0.25, 0.3) is 0 Å². The number of nitrogens with zero attached hydrogens (tertiary/aromatic N) is 1. The molecule has 1 rings (SSSR count). The zero-order chi connectivity index (χ0) is 14.6. The van der Waals surface area contributed by atoms with E-state index in [1.165, 1.54) is 25.8 Å². The van der Waals surface area contributed by atoms with Crippen LogP contribution in [-0.2, 0) is 0 Å². The van der Waals surface area contributed by atoms with Gasteiger partial charge in [0.1, 0.15) is 0 Å². The Morgan fingerprint density at radius 3 is 2.42 bits per heavy atom. The van der Waals surface area contributed by atoms with Crippen molar-refractivity contribution in [2.24, 2.45) is 17.3 Å². The summed E-state index contributed by atoms with van der Waals surface area (Å²) in [6, 6.07) is 1.39. The maximum Gasteiger partial charge on any atom is 0.0159 e. The Balaban J connectivity index is 2.55. The summed E-state index contributed by atoms with van der Waals surface area (Å²) in [4.78, 5) is 2.58. The summed E-state index contributed by atoms with van der Waals surface area (Å²) in [5.74, 6) is 1.61. The molecule has 0 amide bonds. The Hall–Kier alpha value is -0.0800. The monoisotopic (exact) mass is 268 g/mol. The predicted molar refractivity (Wildman–Crippen MR) is 85.5 cm³/mol. The largest absolute Gasteiger partial charge is 0.313 e. The van der Waals surface area contributed by atoms with Gasteiger partial charge in [-0.2, -0.15) is 0 Å². The molecule has 0 bridgehead atoms. The fourth-order valence-electron chi connectivity index (χ4n) is 3.79. The lowest BCUT2D eigenvalue weighted by Crippen LogP contribution is -2.46. The van der Waals surface area contributed by atoms with Gasteiger partial charge in [0.15, 0.2) is 0 Å². The molecule has 2 heteroatoms. The second-order valence-electron chi connectivity index (χ2n) is 7.74. The van der Waals surface area contributed by atoms with Gasteiger partial charge in [-0.05, 0) is 57.0 Å². The van der Waals surface area contributed by atoms with Gasteiger partial charge in [-0.25, -0.2) is 0 Å². The van der Waals surface area contributed by atoms with E-state index in [-0.39, 0.29) is 0 Å². The Labute approximate surface area is 121 Å². The van der Waals surface area contributed by atoms with E-state index >= 15 is 0 Å². The molecule has 0 aromatic carbocycles. The van der Waals surface area contributed by atoms with Crippen molar-refractivity contribution in [3.8, 4) is 0 Å². The molecule has 0 heterocycles. The maximum absolute atomic E-state index is 3.74. The SMILES string of the molecule is CCNC1C(CN(C)C(C)CC(C)C)CCC1(C)C. The van der Waals surface area contributed by atoms with Crippen molar-refractivity contribution < 1.29 is 0 Å². The van der Waals surface area contributed by atoms with E-state index < -0.39 is 0 Å². The molecule has 1 saturated carbocycles. The Kier molecular flexibility index (Phi) is 6.32. The molecule has 0 spiro atoms. The minimum absolute atomic E-state index is 0.461. The molecule has 0 aromatic rings. The smallest absolute Gasteiger partial charge is 0.0159 e. The molecule has 1 aliphatic carbocycles. The first-order valence-electron chi connectivity index (χ1n) is 8.21. The van der Waals surface area contributed by atoms with Crippen LogP contribution >= 0.6 is 0 Å². The molecule has 3 unspecified atom stereocenters. The van der Waals surface area contributed by atoms with Crippen molar-refractivity contribution in [1.29, 1.82) is 0 Å². The normalized spacial score (nSPS) is 28.3. The summed E-state index contributed by atoms with van der Waals surface area (Å²) < 4.78 is 0. The highest BCUT2D eigenvalue weighted by Crippen LogP contribution is 2.41. The van der Waals surface area contributed by atoms with Crippen LogP contribution in [0.4, 0.5) is 0 Å². The van der Waals surface area contributed by atoms with E-state index in [4.69, 9.17) is 0 Å². The Morgan fingerprint density at radius 2 is 1.89 bits per heavy atom. The third-order valence-electron chi connectivity index (χ3n) is 4.98. The lowest BCUT2D eigenvalue weighted by Gasteiger charge is -2.35. The minimum atomic E-state index is 0.461. The topological polar surface area (TPSA) is 15.3 Å². The molecule has 114 valence electrons. The first-order chi connectivity index (χ1) is 8.77. The highest BCUT2D eigenvalue weighted by atomic mass is 15.1. The lowest BCUT2D eigenvalue weighted by atomic mass is 9.84. The van der Waals surface area contributed by atoms with Crippen molar-refractivity contribution in [1.82, 2.24) is 10.2 Å². The van der Waals surface area contributed by atoms with Crippen LogP contribution < -0.4 is 5.32 Å². The summed E-state index contributed by atoms with van der Waals surface area (Å²) in [7, 11) is 2.31. The molecule has 1 N–H and O–H groups in total. The van der Waals surface area contributed by atoms with Crippen LogP contribution in [0, 0.1) is 17.3 Å². The fourth-order valence-corrected chi connectivity index (χ4v) is 3.79. The molecule has 0 saturated heterocycles. The van der Waals surface area contributed by atoms with E-state index in [0.717, 1.165) is 18.4 Å². The van der Waals surface area contributed by atoms with E-state index in [0.29, 0.717) is 17.5 Å². The standard InChI is InChI=1S/C17H36N2/c1-8-18-16-15(9-10-17(16,5)6)12-19(7)14(4)11-13(2)3/h13-16,18H,8-12H2,1-7H3. The number of nitrogens with one attached hydrogen (secondary N) is 1. The number of hydrogen-bond acceptors (Lipinski definition) is 2. The number of rotatable bonds is 7. The summed E-state index contributed by atoms with van der Waals surface area (Å²) in [5, 5.41) is 3.74. The Bertz CT molecular complexity index is 260. The summed E-state index contributed by atoms with van der Waals surface area (Å²) in [6.45, 7) is 16.5. The zero-order valence-electron chi connectivity index (χ0n) is 14.3. The first kappa shape index (κ1) is 17.0. The third-order valence-corrected chi connectivity index (χ3v) is 4.98. The first-order valence-corrected chi connectivity index (χ1v) is 8.21. The summed E-state index contributed by atoms with van der Waals surface area (Å²) >= 11 is 0. The van der Waals surface area contributed by atoms with Gasteiger partial charge in [0.2, 0.25) is 0 Å².